The second-order valence-electron chi connectivity index (χ2n) is 6.30. The van der Waals surface area contributed by atoms with Gasteiger partial charge in [-0.05, 0) is 12.5 Å². The molecule has 2 heterocycles. The van der Waals surface area contributed by atoms with Gasteiger partial charge in [0.05, 0.1) is 12.0 Å². The number of nitriles is 1. The third-order valence-electron chi connectivity index (χ3n) is 4.42. The molecule has 0 saturated carbocycles. The maximum Gasteiger partial charge on any atom is 0.344 e. The van der Waals surface area contributed by atoms with E-state index < -0.39 is 5.97 Å². The number of aromatic nitrogens is 2. The molecule has 0 saturated heterocycles. The van der Waals surface area contributed by atoms with E-state index in [2.05, 4.69) is 16.3 Å². The van der Waals surface area contributed by atoms with Gasteiger partial charge in [0.1, 0.15) is 16.6 Å². The Labute approximate surface area is 177 Å². The minimum absolute atomic E-state index is 0.260. The van der Waals surface area contributed by atoms with E-state index in [0.29, 0.717) is 26.5 Å². The molecule has 0 unspecified atom stereocenters. The van der Waals surface area contributed by atoms with Gasteiger partial charge in [0.15, 0.2) is 17.2 Å². The number of esters is 1. The molecule has 4 aromatic rings. The molecule has 148 valence electrons. The Bertz CT molecular complexity index is 1230. The zero-order chi connectivity index (χ0) is 20.9. The number of hydrogen-bond donors (Lipinski definition) is 0. The van der Waals surface area contributed by atoms with E-state index in [0.717, 1.165) is 16.7 Å². The van der Waals surface area contributed by atoms with Gasteiger partial charge >= 0.3 is 5.97 Å². The molecule has 2 aromatic heterocycles. The van der Waals surface area contributed by atoms with Crippen LogP contribution in [0.3, 0.4) is 0 Å². The molecule has 7 heteroatoms. The van der Waals surface area contributed by atoms with Crippen molar-refractivity contribution in [2.45, 2.75) is 6.92 Å². The fraction of sp³-hybridized carbons (Fsp3) is 0.130. The standard InChI is InChI=1S/C23H17N3O3S/c1-2-28-18(27)14-29-22-17(13-24)30-23-20(22)19(15-9-5-3-6-10-15)21(25-26-23)16-11-7-4-8-12-16/h3-12H,2,14H2,1H3. The number of ether oxygens (including phenoxy) is 2. The summed E-state index contributed by atoms with van der Waals surface area (Å²) in [5, 5.41) is 19.1. The number of fused-ring (bicyclic) bond motifs is 1. The molecule has 0 atom stereocenters. The summed E-state index contributed by atoms with van der Waals surface area (Å²) >= 11 is 1.19. The summed E-state index contributed by atoms with van der Waals surface area (Å²) in [7, 11) is 0. The van der Waals surface area contributed by atoms with Gasteiger partial charge < -0.3 is 9.47 Å². The molecule has 0 radical (unpaired) electrons. The van der Waals surface area contributed by atoms with Crippen LogP contribution in [0.5, 0.6) is 5.75 Å². The molecule has 0 aliphatic carbocycles. The molecule has 0 bridgehead atoms. The summed E-state index contributed by atoms with van der Waals surface area (Å²) in [6, 6.07) is 21.6. The average molecular weight is 415 g/mol. The molecule has 4 rings (SSSR count). The third-order valence-corrected chi connectivity index (χ3v) is 5.38. The lowest BCUT2D eigenvalue weighted by atomic mass is 9.97. The maximum absolute atomic E-state index is 11.9. The van der Waals surface area contributed by atoms with E-state index in [4.69, 9.17) is 9.47 Å². The molecule has 0 aliphatic rings. The Morgan fingerprint density at radius 2 is 1.70 bits per heavy atom. The fourth-order valence-corrected chi connectivity index (χ4v) is 4.06. The molecule has 0 amide bonds. The van der Waals surface area contributed by atoms with E-state index in [1.807, 2.05) is 60.7 Å². The van der Waals surface area contributed by atoms with Crippen LogP contribution < -0.4 is 4.74 Å². The van der Waals surface area contributed by atoms with Crippen molar-refractivity contribution in [3.8, 4) is 34.2 Å². The Hall–Kier alpha value is -3.76. The van der Waals surface area contributed by atoms with Crippen LogP contribution in [0.25, 0.3) is 32.6 Å². The van der Waals surface area contributed by atoms with Crippen LogP contribution in [0.15, 0.2) is 60.7 Å². The number of benzene rings is 2. The van der Waals surface area contributed by atoms with E-state index in [1.165, 1.54) is 11.3 Å². The molecule has 0 N–H and O–H groups in total. The SMILES string of the molecule is CCOC(=O)COc1c(C#N)sc2nnc(-c3ccccc3)c(-c3ccccc3)c12. The largest absolute Gasteiger partial charge is 0.479 e. The van der Waals surface area contributed by atoms with Crippen LogP contribution in [-0.4, -0.2) is 29.4 Å². The van der Waals surface area contributed by atoms with Crippen molar-refractivity contribution in [1.29, 1.82) is 5.26 Å². The summed E-state index contributed by atoms with van der Waals surface area (Å²) in [4.78, 5) is 12.8. The molecular formula is C23H17N3O3S. The van der Waals surface area contributed by atoms with Gasteiger partial charge in [-0.1, -0.05) is 72.0 Å². The predicted molar refractivity (Wildman–Crippen MR) is 115 cm³/mol. The Balaban J connectivity index is 1.97. The van der Waals surface area contributed by atoms with Crippen molar-refractivity contribution >= 4 is 27.5 Å². The highest BCUT2D eigenvalue weighted by Crippen LogP contribution is 2.45. The van der Waals surface area contributed by atoms with Gasteiger partial charge in [-0.25, -0.2) is 4.79 Å². The van der Waals surface area contributed by atoms with Crippen molar-refractivity contribution < 1.29 is 14.3 Å². The van der Waals surface area contributed by atoms with Gasteiger partial charge in [-0.15, -0.1) is 10.2 Å². The minimum atomic E-state index is -0.493. The van der Waals surface area contributed by atoms with E-state index >= 15 is 0 Å². The van der Waals surface area contributed by atoms with Gasteiger partial charge in [-0.2, -0.15) is 5.26 Å². The second-order valence-corrected chi connectivity index (χ2v) is 7.30. The highest BCUT2D eigenvalue weighted by Gasteiger charge is 2.24. The van der Waals surface area contributed by atoms with Crippen molar-refractivity contribution in [2.24, 2.45) is 0 Å². The van der Waals surface area contributed by atoms with Gasteiger partial charge in [0.2, 0.25) is 0 Å². The molecule has 6 nitrogen and oxygen atoms in total. The van der Waals surface area contributed by atoms with Crippen molar-refractivity contribution in [3.05, 3.63) is 65.5 Å². The maximum atomic E-state index is 11.9. The number of rotatable bonds is 6. The van der Waals surface area contributed by atoms with Crippen LogP contribution in [-0.2, 0) is 9.53 Å². The van der Waals surface area contributed by atoms with Gasteiger partial charge in [0, 0.05) is 11.1 Å². The number of thiophene rings is 1. The minimum Gasteiger partial charge on any atom is -0.479 e. The van der Waals surface area contributed by atoms with Gasteiger partial charge in [-0.3, -0.25) is 0 Å². The summed E-state index contributed by atoms with van der Waals surface area (Å²) in [5.41, 5.74) is 3.30. The number of nitrogens with zero attached hydrogens (tertiary/aromatic N) is 3. The first-order valence-corrected chi connectivity index (χ1v) is 10.2. The Morgan fingerprint density at radius 3 is 2.33 bits per heavy atom. The molecular weight excluding hydrogens is 398 g/mol. The van der Waals surface area contributed by atoms with E-state index in [1.54, 1.807) is 6.92 Å². The first kappa shape index (κ1) is 19.6. The summed E-state index contributed by atoms with van der Waals surface area (Å²) < 4.78 is 10.8. The molecule has 2 aromatic carbocycles. The Morgan fingerprint density at radius 1 is 1.03 bits per heavy atom. The third kappa shape index (κ3) is 3.73. The summed E-state index contributed by atoms with van der Waals surface area (Å²) in [5.74, 6) is -0.163. The lowest BCUT2D eigenvalue weighted by Gasteiger charge is -2.12. The van der Waals surface area contributed by atoms with E-state index in [9.17, 15) is 10.1 Å². The second kappa shape index (κ2) is 8.72. The molecule has 0 aliphatic heterocycles. The van der Waals surface area contributed by atoms with Crippen molar-refractivity contribution in [1.82, 2.24) is 10.2 Å². The summed E-state index contributed by atoms with van der Waals surface area (Å²) in [6.07, 6.45) is 0. The highest BCUT2D eigenvalue weighted by atomic mass is 32.1. The Kier molecular flexibility index (Phi) is 5.68. The number of carbonyl (C=O) groups is 1. The fourth-order valence-electron chi connectivity index (χ4n) is 3.19. The van der Waals surface area contributed by atoms with E-state index in [-0.39, 0.29) is 13.2 Å². The number of carbonyl (C=O) groups excluding carboxylic acids is 1. The van der Waals surface area contributed by atoms with Crippen LogP contribution in [0, 0.1) is 11.3 Å². The van der Waals surface area contributed by atoms with Crippen LogP contribution in [0.1, 0.15) is 11.8 Å². The first-order chi connectivity index (χ1) is 14.7. The van der Waals surface area contributed by atoms with Crippen LogP contribution in [0.4, 0.5) is 0 Å². The lowest BCUT2D eigenvalue weighted by Crippen LogP contribution is -2.14. The average Bonchev–Trinajstić information content (AvgIpc) is 3.16. The monoisotopic (exact) mass is 415 g/mol. The normalized spacial score (nSPS) is 10.5. The predicted octanol–water partition coefficient (Wildman–Crippen LogP) is 4.84. The zero-order valence-corrected chi connectivity index (χ0v) is 17.0. The van der Waals surface area contributed by atoms with Gasteiger partial charge in [0.25, 0.3) is 0 Å². The first-order valence-electron chi connectivity index (χ1n) is 9.35. The van der Waals surface area contributed by atoms with Crippen molar-refractivity contribution in [3.63, 3.8) is 0 Å². The van der Waals surface area contributed by atoms with Crippen LogP contribution in [0.2, 0.25) is 0 Å². The molecule has 0 spiro atoms. The summed E-state index contributed by atoms with van der Waals surface area (Å²) in [6.45, 7) is 1.70. The quantitative estimate of drug-likeness (QED) is 0.419. The smallest absolute Gasteiger partial charge is 0.344 e. The lowest BCUT2D eigenvalue weighted by molar-refractivity contribution is -0.145. The van der Waals surface area contributed by atoms with Crippen molar-refractivity contribution in [2.75, 3.05) is 13.2 Å². The van der Waals surface area contributed by atoms with Crippen LogP contribution >= 0.6 is 11.3 Å². The molecule has 0 fully saturated rings. The number of hydrogen-bond acceptors (Lipinski definition) is 7. The molecule has 30 heavy (non-hydrogen) atoms. The highest BCUT2D eigenvalue weighted by molar-refractivity contribution is 7.19. The topological polar surface area (TPSA) is 85.1 Å². The zero-order valence-electron chi connectivity index (χ0n) is 16.2.